The van der Waals surface area contributed by atoms with Crippen molar-refractivity contribution in [3.05, 3.63) is 53.8 Å². The highest BCUT2D eigenvalue weighted by Crippen LogP contribution is 2.31. The Balaban J connectivity index is 1.42. The SMILES string of the molecule is CNS(=O)(=O)N(CC1CCC(Nc2nc3ccc(F)cc3o2)CC1)c1ccccc1C#N. The Kier molecular flexibility index (Phi) is 6.30. The first kappa shape index (κ1) is 22.0. The van der Waals surface area contributed by atoms with Crippen molar-refractivity contribution in [3.63, 3.8) is 0 Å². The molecular weight excluding hydrogens is 433 g/mol. The van der Waals surface area contributed by atoms with Crippen molar-refractivity contribution in [2.45, 2.75) is 31.7 Å². The fourth-order valence-electron chi connectivity index (χ4n) is 4.08. The number of aromatic nitrogens is 1. The topological polar surface area (TPSA) is 111 Å². The lowest BCUT2D eigenvalue weighted by Crippen LogP contribution is -2.43. The van der Waals surface area contributed by atoms with Gasteiger partial charge in [-0.25, -0.2) is 9.11 Å². The molecule has 1 fully saturated rings. The van der Waals surface area contributed by atoms with Crippen LogP contribution in [0, 0.1) is 23.1 Å². The Bertz CT molecular complexity index is 1250. The number of para-hydroxylation sites is 1. The standard InChI is InChI=1S/C22H24FN5O3S/c1-25-32(29,30)28(20-5-3-2-4-16(20)13-24)14-15-6-9-18(10-7-15)26-22-27-19-11-8-17(23)12-21(19)31-22/h2-5,8,11-12,15,18,25H,6-7,9-10,14H2,1H3,(H,26,27). The number of anilines is 2. The summed E-state index contributed by atoms with van der Waals surface area (Å²) in [6, 6.07) is 13.5. The molecule has 0 atom stereocenters. The molecular formula is C22H24FN5O3S. The van der Waals surface area contributed by atoms with Crippen molar-refractivity contribution in [3.8, 4) is 6.07 Å². The first-order valence-electron chi connectivity index (χ1n) is 10.4. The fraction of sp³-hybridized carbons (Fsp3) is 0.364. The third-order valence-corrected chi connectivity index (χ3v) is 7.23. The van der Waals surface area contributed by atoms with Crippen molar-refractivity contribution >= 4 is 33.0 Å². The van der Waals surface area contributed by atoms with Crippen LogP contribution in [0.15, 0.2) is 46.9 Å². The third-order valence-electron chi connectivity index (χ3n) is 5.79. The monoisotopic (exact) mass is 457 g/mol. The van der Waals surface area contributed by atoms with Crippen LogP contribution >= 0.6 is 0 Å². The zero-order chi connectivity index (χ0) is 22.7. The second-order valence-corrected chi connectivity index (χ2v) is 9.66. The normalized spacial score (nSPS) is 18.9. The summed E-state index contributed by atoms with van der Waals surface area (Å²) in [5.74, 6) is -0.236. The van der Waals surface area contributed by atoms with Gasteiger partial charge in [0.15, 0.2) is 5.58 Å². The third kappa shape index (κ3) is 4.69. The molecule has 10 heteroatoms. The van der Waals surface area contributed by atoms with E-state index in [1.165, 1.54) is 23.5 Å². The highest BCUT2D eigenvalue weighted by molar-refractivity contribution is 7.90. The highest BCUT2D eigenvalue weighted by atomic mass is 32.2. The van der Waals surface area contributed by atoms with E-state index in [1.807, 2.05) is 0 Å². The summed E-state index contributed by atoms with van der Waals surface area (Å²) in [7, 11) is -2.40. The molecule has 32 heavy (non-hydrogen) atoms. The van der Waals surface area contributed by atoms with E-state index in [4.69, 9.17) is 4.42 Å². The molecule has 0 spiro atoms. The van der Waals surface area contributed by atoms with Gasteiger partial charge in [0.2, 0.25) is 0 Å². The summed E-state index contributed by atoms with van der Waals surface area (Å²) < 4.78 is 48.0. The summed E-state index contributed by atoms with van der Waals surface area (Å²) in [6.45, 7) is 0.288. The number of halogens is 1. The van der Waals surface area contributed by atoms with Gasteiger partial charge in [-0.1, -0.05) is 12.1 Å². The van der Waals surface area contributed by atoms with Crippen LogP contribution in [0.5, 0.6) is 0 Å². The molecule has 8 nitrogen and oxygen atoms in total. The molecule has 0 aliphatic heterocycles. The minimum Gasteiger partial charge on any atom is -0.423 e. The average Bonchev–Trinajstić information content (AvgIpc) is 3.19. The second-order valence-electron chi connectivity index (χ2n) is 7.86. The van der Waals surface area contributed by atoms with Crippen LogP contribution in [0.3, 0.4) is 0 Å². The van der Waals surface area contributed by atoms with Crippen molar-refractivity contribution in [1.29, 1.82) is 5.26 Å². The van der Waals surface area contributed by atoms with E-state index in [1.54, 1.807) is 30.3 Å². The molecule has 0 bridgehead atoms. The smallest absolute Gasteiger partial charge is 0.301 e. The lowest BCUT2D eigenvalue weighted by molar-refractivity contribution is 0.341. The summed E-state index contributed by atoms with van der Waals surface area (Å²) in [4.78, 5) is 4.35. The summed E-state index contributed by atoms with van der Waals surface area (Å²) in [5.41, 5.74) is 1.68. The molecule has 1 aromatic heterocycles. The second kappa shape index (κ2) is 9.14. The molecule has 2 N–H and O–H groups in total. The van der Waals surface area contributed by atoms with Gasteiger partial charge in [0, 0.05) is 25.7 Å². The van der Waals surface area contributed by atoms with Crippen LogP contribution in [0.4, 0.5) is 16.1 Å². The summed E-state index contributed by atoms with van der Waals surface area (Å²) >= 11 is 0. The van der Waals surface area contributed by atoms with E-state index in [9.17, 15) is 18.1 Å². The van der Waals surface area contributed by atoms with Crippen molar-refractivity contribution < 1.29 is 17.2 Å². The maximum Gasteiger partial charge on any atom is 0.301 e. The fourth-order valence-corrected chi connectivity index (χ4v) is 5.13. The van der Waals surface area contributed by atoms with Gasteiger partial charge in [0.1, 0.15) is 17.4 Å². The van der Waals surface area contributed by atoms with E-state index in [0.29, 0.717) is 28.4 Å². The Labute approximate surface area is 186 Å². The first-order valence-corrected chi connectivity index (χ1v) is 11.9. The maximum absolute atomic E-state index is 13.4. The van der Waals surface area contributed by atoms with Crippen LogP contribution in [0.25, 0.3) is 11.1 Å². The number of nitriles is 1. The van der Waals surface area contributed by atoms with Gasteiger partial charge in [0.25, 0.3) is 6.01 Å². The van der Waals surface area contributed by atoms with Crippen molar-refractivity contribution in [1.82, 2.24) is 9.71 Å². The molecule has 1 heterocycles. The molecule has 4 rings (SSSR count). The van der Waals surface area contributed by atoms with Crippen LogP contribution in [0.2, 0.25) is 0 Å². The number of nitrogens with one attached hydrogen (secondary N) is 2. The van der Waals surface area contributed by atoms with Crippen LogP contribution in [-0.4, -0.2) is 33.0 Å². The largest absolute Gasteiger partial charge is 0.423 e. The van der Waals surface area contributed by atoms with Crippen LogP contribution < -0.4 is 14.3 Å². The number of benzene rings is 2. The first-order chi connectivity index (χ1) is 15.4. The Morgan fingerprint density at radius 2 is 1.97 bits per heavy atom. The summed E-state index contributed by atoms with van der Waals surface area (Å²) in [6.07, 6.45) is 3.23. The predicted octanol–water partition coefficient (Wildman–Crippen LogP) is 3.78. The van der Waals surface area contributed by atoms with Gasteiger partial charge in [-0.05, 0) is 55.9 Å². The number of nitrogens with zero attached hydrogens (tertiary/aromatic N) is 3. The molecule has 1 aliphatic carbocycles. The van der Waals surface area contributed by atoms with E-state index in [-0.39, 0.29) is 24.3 Å². The number of fused-ring (bicyclic) bond motifs is 1. The van der Waals surface area contributed by atoms with E-state index in [0.717, 1.165) is 25.7 Å². The van der Waals surface area contributed by atoms with E-state index in [2.05, 4.69) is 21.1 Å². The lowest BCUT2D eigenvalue weighted by Gasteiger charge is -2.33. The average molecular weight is 458 g/mol. The molecule has 0 amide bonds. The van der Waals surface area contributed by atoms with Crippen LogP contribution in [-0.2, 0) is 10.2 Å². The number of rotatable bonds is 7. The van der Waals surface area contributed by atoms with Gasteiger partial charge in [-0.3, -0.25) is 4.31 Å². The number of oxazole rings is 1. The van der Waals surface area contributed by atoms with Gasteiger partial charge < -0.3 is 9.73 Å². The van der Waals surface area contributed by atoms with Gasteiger partial charge in [-0.2, -0.15) is 18.7 Å². The zero-order valence-corrected chi connectivity index (χ0v) is 18.4. The molecule has 0 saturated heterocycles. The highest BCUT2D eigenvalue weighted by Gasteiger charge is 2.29. The predicted molar refractivity (Wildman–Crippen MR) is 120 cm³/mol. The molecule has 0 radical (unpaired) electrons. The van der Waals surface area contributed by atoms with Gasteiger partial charge in [0.05, 0.1) is 11.3 Å². The number of hydrogen-bond acceptors (Lipinski definition) is 6. The molecule has 1 aliphatic rings. The molecule has 0 unspecified atom stereocenters. The molecule has 1 saturated carbocycles. The van der Waals surface area contributed by atoms with E-state index >= 15 is 0 Å². The summed E-state index contributed by atoms with van der Waals surface area (Å²) in [5, 5.41) is 12.7. The quantitative estimate of drug-likeness (QED) is 0.559. The minimum absolute atomic E-state index is 0.130. The Morgan fingerprint density at radius 3 is 2.69 bits per heavy atom. The molecule has 2 aromatic carbocycles. The van der Waals surface area contributed by atoms with Crippen molar-refractivity contribution in [2.75, 3.05) is 23.2 Å². The van der Waals surface area contributed by atoms with Gasteiger partial charge in [-0.15, -0.1) is 0 Å². The number of hydrogen-bond donors (Lipinski definition) is 2. The lowest BCUT2D eigenvalue weighted by atomic mass is 9.86. The Hall–Kier alpha value is -3.16. The molecule has 3 aromatic rings. The van der Waals surface area contributed by atoms with E-state index < -0.39 is 10.2 Å². The Morgan fingerprint density at radius 1 is 1.22 bits per heavy atom. The minimum atomic E-state index is -3.76. The van der Waals surface area contributed by atoms with Crippen LogP contribution in [0.1, 0.15) is 31.2 Å². The van der Waals surface area contributed by atoms with Crippen molar-refractivity contribution in [2.24, 2.45) is 5.92 Å². The maximum atomic E-state index is 13.4. The zero-order valence-electron chi connectivity index (χ0n) is 17.6. The molecule has 168 valence electrons. The van der Waals surface area contributed by atoms with Gasteiger partial charge >= 0.3 is 10.2 Å².